The molecule has 1 saturated heterocycles. The molecule has 10 heteroatoms. The van der Waals surface area contributed by atoms with Crippen LogP contribution in [-0.4, -0.2) is 39.4 Å². The highest BCUT2D eigenvalue weighted by atomic mass is 35.5. The van der Waals surface area contributed by atoms with Crippen LogP contribution in [0, 0.1) is 29.6 Å². The molecule has 2 aliphatic carbocycles. The van der Waals surface area contributed by atoms with Gasteiger partial charge in [0.1, 0.15) is 6.54 Å². The van der Waals surface area contributed by atoms with Gasteiger partial charge in [-0.2, -0.15) is 0 Å². The number of carbonyl (C=O) groups excluding carboxylic acids is 3. The third-order valence-corrected chi connectivity index (χ3v) is 11.0. The minimum Gasteiger partial charge on any atom is -0.325 e. The fourth-order valence-corrected chi connectivity index (χ4v) is 10.0. The molecule has 3 amide bonds. The number of amides is 3. The molecule has 6 atom stereocenters. The van der Waals surface area contributed by atoms with E-state index in [4.69, 9.17) is 11.6 Å². The smallest absolute Gasteiger partial charge is 0.305 e. The number of H-pyrrole nitrogens is 1. The maximum absolute atomic E-state index is 13.4. The van der Waals surface area contributed by atoms with E-state index in [1.54, 1.807) is 36.0 Å². The van der Waals surface area contributed by atoms with Gasteiger partial charge in [0.2, 0.25) is 17.7 Å². The van der Waals surface area contributed by atoms with Crippen molar-refractivity contribution in [2.45, 2.75) is 36.0 Å². The SMILES string of the molecule is CC1(C)c2sc(=O)[nH]c2S[C@H]2[C@@H]3C[C@@H]([C@H]4C(=O)N(CC(=O)Nc5ccc(Cl)cc5)C(=O)[C@H]34)[C@H]21. The summed E-state index contributed by atoms with van der Waals surface area (Å²) in [6.07, 6.45) is 0.850. The Balaban J connectivity index is 1.25. The van der Waals surface area contributed by atoms with E-state index in [-0.39, 0.29) is 63.5 Å². The van der Waals surface area contributed by atoms with Crippen molar-refractivity contribution in [1.29, 1.82) is 0 Å². The lowest BCUT2D eigenvalue weighted by atomic mass is 9.64. The number of nitrogens with one attached hydrogen (secondary N) is 2. The second-order valence-electron chi connectivity index (χ2n) is 9.94. The number of fused-ring (bicyclic) bond motifs is 9. The molecule has 2 saturated carbocycles. The molecular weight excluding hydrogens is 482 g/mol. The first-order chi connectivity index (χ1) is 15.7. The molecule has 7 nitrogen and oxygen atoms in total. The van der Waals surface area contributed by atoms with Crippen molar-refractivity contribution in [3.63, 3.8) is 0 Å². The number of hydrogen-bond donors (Lipinski definition) is 2. The Morgan fingerprint density at radius 1 is 1.15 bits per heavy atom. The van der Waals surface area contributed by atoms with Gasteiger partial charge in [0.25, 0.3) is 0 Å². The minimum atomic E-state index is -0.404. The number of halogens is 1. The van der Waals surface area contributed by atoms with Gasteiger partial charge in [-0.15, -0.1) is 11.8 Å². The monoisotopic (exact) mass is 503 g/mol. The van der Waals surface area contributed by atoms with Crippen molar-refractivity contribution < 1.29 is 14.4 Å². The number of rotatable bonds is 3. The molecule has 3 heterocycles. The number of anilines is 1. The van der Waals surface area contributed by atoms with E-state index in [1.165, 1.54) is 11.3 Å². The number of hydrogen-bond acceptors (Lipinski definition) is 6. The Morgan fingerprint density at radius 3 is 2.52 bits per heavy atom. The van der Waals surface area contributed by atoms with Crippen molar-refractivity contribution in [3.05, 3.63) is 43.8 Å². The van der Waals surface area contributed by atoms with Crippen LogP contribution in [0.2, 0.25) is 5.02 Å². The molecule has 0 radical (unpaired) electrons. The van der Waals surface area contributed by atoms with Crippen molar-refractivity contribution in [2.24, 2.45) is 29.6 Å². The predicted molar refractivity (Wildman–Crippen MR) is 126 cm³/mol. The molecule has 4 aliphatic rings. The standard InChI is InChI=1S/C23H22ClN3O4S2/c1-23(2)16-11-7-12(17(16)32-19-18(23)33-22(31)26-19)15-14(11)20(29)27(21(15)30)8-13(28)25-10-5-3-9(24)4-6-10/h3-6,11-12,14-17H,7-8H2,1-2H3,(H,25,28)(H,26,31)/t11-,12+,14+,15+,16+,17-/m0/s1. The van der Waals surface area contributed by atoms with Crippen LogP contribution < -0.4 is 10.2 Å². The Morgan fingerprint density at radius 2 is 1.82 bits per heavy atom. The zero-order chi connectivity index (χ0) is 23.2. The van der Waals surface area contributed by atoms with Gasteiger partial charge in [0.05, 0.1) is 16.9 Å². The average Bonchev–Trinajstić information content (AvgIpc) is 3.48. The fourth-order valence-electron chi connectivity index (χ4n) is 6.75. The summed E-state index contributed by atoms with van der Waals surface area (Å²) in [7, 11) is 0. The molecule has 2 N–H and O–H groups in total. The number of carbonyl (C=O) groups is 3. The van der Waals surface area contributed by atoms with Crippen LogP contribution in [-0.2, 0) is 19.8 Å². The van der Waals surface area contributed by atoms with Crippen LogP contribution >= 0.6 is 34.7 Å². The first kappa shape index (κ1) is 21.4. The summed E-state index contributed by atoms with van der Waals surface area (Å²) in [5.41, 5.74) is 0.315. The van der Waals surface area contributed by atoms with Crippen molar-refractivity contribution >= 4 is 58.1 Å². The Hall–Kier alpha value is -2.10. The van der Waals surface area contributed by atoms with Crippen LogP contribution in [0.4, 0.5) is 5.69 Å². The van der Waals surface area contributed by atoms with Crippen LogP contribution in [0.25, 0.3) is 0 Å². The number of aromatic amines is 1. The van der Waals surface area contributed by atoms with Crippen molar-refractivity contribution in [3.8, 4) is 0 Å². The first-order valence-corrected chi connectivity index (χ1v) is 13.0. The van der Waals surface area contributed by atoms with Gasteiger partial charge in [-0.05, 0) is 48.4 Å². The minimum absolute atomic E-state index is 0.0573. The Labute approximate surface area is 203 Å². The summed E-state index contributed by atoms with van der Waals surface area (Å²) in [4.78, 5) is 56.5. The molecule has 2 bridgehead atoms. The molecular formula is C23H22ClN3O4S2. The molecule has 6 rings (SSSR count). The third-order valence-electron chi connectivity index (χ3n) is 7.91. The summed E-state index contributed by atoms with van der Waals surface area (Å²) in [5, 5.41) is 4.39. The highest BCUT2D eigenvalue weighted by Crippen LogP contribution is 2.68. The van der Waals surface area contributed by atoms with E-state index in [0.29, 0.717) is 10.7 Å². The van der Waals surface area contributed by atoms with Crippen LogP contribution in [0.15, 0.2) is 34.1 Å². The van der Waals surface area contributed by atoms with Crippen LogP contribution in [0.1, 0.15) is 25.1 Å². The Kier molecular flexibility index (Phi) is 4.68. The maximum Gasteiger partial charge on any atom is 0.305 e. The van der Waals surface area contributed by atoms with Gasteiger partial charge in [0, 0.05) is 26.3 Å². The number of likely N-dealkylation sites (tertiary alicyclic amines) is 1. The van der Waals surface area contributed by atoms with Crippen LogP contribution in [0.3, 0.4) is 0 Å². The number of thiazole rings is 1. The summed E-state index contributed by atoms with van der Waals surface area (Å²) in [5.74, 6) is -1.23. The van der Waals surface area contributed by atoms with Gasteiger partial charge < -0.3 is 10.3 Å². The summed E-state index contributed by atoms with van der Waals surface area (Å²) < 4.78 is 0. The quantitative estimate of drug-likeness (QED) is 0.626. The number of aromatic nitrogens is 1. The topological polar surface area (TPSA) is 99.3 Å². The molecule has 172 valence electrons. The molecule has 0 spiro atoms. The highest BCUT2D eigenvalue weighted by Gasteiger charge is 2.70. The molecule has 2 aromatic rings. The molecule has 3 fully saturated rings. The molecule has 0 unspecified atom stereocenters. The number of thioether (sulfide) groups is 1. The second kappa shape index (κ2) is 7.20. The lowest BCUT2D eigenvalue weighted by molar-refractivity contribution is -0.143. The number of imide groups is 1. The first-order valence-electron chi connectivity index (χ1n) is 11.0. The van der Waals surface area contributed by atoms with Crippen LogP contribution in [0.5, 0.6) is 0 Å². The fraction of sp³-hybridized carbons (Fsp3) is 0.478. The molecule has 33 heavy (non-hydrogen) atoms. The van der Waals surface area contributed by atoms with E-state index in [1.807, 2.05) is 0 Å². The predicted octanol–water partition coefficient (Wildman–Crippen LogP) is 3.35. The van der Waals surface area contributed by atoms with Crippen molar-refractivity contribution in [1.82, 2.24) is 9.88 Å². The molecule has 1 aromatic carbocycles. The van der Waals surface area contributed by atoms with Gasteiger partial charge in [-0.1, -0.05) is 36.8 Å². The summed E-state index contributed by atoms with van der Waals surface area (Å²) in [6, 6.07) is 6.68. The van der Waals surface area contributed by atoms with E-state index >= 15 is 0 Å². The third kappa shape index (κ3) is 3.01. The van der Waals surface area contributed by atoms with Gasteiger partial charge >= 0.3 is 4.87 Å². The lowest BCUT2D eigenvalue weighted by Gasteiger charge is -2.47. The van der Waals surface area contributed by atoms with E-state index in [0.717, 1.165) is 21.2 Å². The summed E-state index contributed by atoms with van der Waals surface area (Å²) in [6.45, 7) is 4.03. The molecule has 2 aliphatic heterocycles. The average molecular weight is 504 g/mol. The highest BCUT2D eigenvalue weighted by molar-refractivity contribution is 8.00. The van der Waals surface area contributed by atoms with Gasteiger partial charge in [0.15, 0.2) is 0 Å². The zero-order valence-electron chi connectivity index (χ0n) is 18.0. The van der Waals surface area contributed by atoms with Crippen molar-refractivity contribution in [2.75, 3.05) is 11.9 Å². The maximum atomic E-state index is 13.4. The Bertz CT molecular complexity index is 1250. The number of nitrogens with zero attached hydrogens (tertiary/aromatic N) is 1. The largest absolute Gasteiger partial charge is 0.325 e. The normalized spacial score (nSPS) is 33.1. The second-order valence-corrected chi connectivity index (χ2v) is 12.5. The van der Waals surface area contributed by atoms with E-state index < -0.39 is 5.91 Å². The molecule has 1 aromatic heterocycles. The van der Waals surface area contributed by atoms with E-state index in [2.05, 4.69) is 24.1 Å². The van der Waals surface area contributed by atoms with Gasteiger partial charge in [-0.3, -0.25) is 24.1 Å². The summed E-state index contributed by atoms with van der Waals surface area (Å²) >= 11 is 8.81. The van der Waals surface area contributed by atoms with Gasteiger partial charge in [-0.25, -0.2) is 0 Å². The van der Waals surface area contributed by atoms with E-state index in [9.17, 15) is 19.2 Å². The lowest BCUT2D eigenvalue weighted by Crippen LogP contribution is -2.48. The zero-order valence-corrected chi connectivity index (χ0v) is 20.4. The number of benzene rings is 1.